The highest BCUT2D eigenvalue weighted by molar-refractivity contribution is 7.80. The van der Waals surface area contributed by atoms with Gasteiger partial charge in [0.1, 0.15) is 0 Å². The summed E-state index contributed by atoms with van der Waals surface area (Å²) in [5.41, 5.74) is 1.38. The van der Waals surface area contributed by atoms with Gasteiger partial charge in [-0.25, -0.2) is 0 Å². The van der Waals surface area contributed by atoms with Crippen molar-refractivity contribution < 1.29 is 0 Å². The van der Waals surface area contributed by atoms with Gasteiger partial charge in [-0.1, -0.05) is 44.4 Å². The number of thiol groups is 1. The second kappa shape index (κ2) is 10.3. The summed E-state index contributed by atoms with van der Waals surface area (Å²) < 4.78 is 0. The summed E-state index contributed by atoms with van der Waals surface area (Å²) in [5, 5.41) is 0. The van der Waals surface area contributed by atoms with E-state index in [9.17, 15) is 0 Å². The topological polar surface area (TPSA) is 3.24 Å². The van der Waals surface area contributed by atoms with Crippen LogP contribution in [-0.4, -0.2) is 18.8 Å². The van der Waals surface area contributed by atoms with Gasteiger partial charge in [0.15, 0.2) is 0 Å². The molecule has 18 heavy (non-hydrogen) atoms. The third-order valence-electron chi connectivity index (χ3n) is 3.24. The highest BCUT2D eigenvalue weighted by Crippen LogP contribution is 2.15. The highest BCUT2D eigenvalue weighted by atomic mass is 32.1. The van der Waals surface area contributed by atoms with E-state index in [-0.39, 0.29) is 0 Å². The SMILES string of the molecule is CCCCN(CCCCCCS)c1ccccc1. The van der Waals surface area contributed by atoms with Crippen LogP contribution in [0.15, 0.2) is 30.3 Å². The van der Waals surface area contributed by atoms with E-state index in [1.165, 1.54) is 57.3 Å². The van der Waals surface area contributed by atoms with E-state index in [0.717, 1.165) is 5.75 Å². The molecule has 0 aliphatic heterocycles. The molecule has 1 aromatic rings. The molecule has 0 aliphatic rings. The summed E-state index contributed by atoms with van der Waals surface area (Å²) in [7, 11) is 0. The van der Waals surface area contributed by atoms with Crippen LogP contribution in [0, 0.1) is 0 Å². The average Bonchev–Trinajstić information content (AvgIpc) is 2.43. The van der Waals surface area contributed by atoms with Crippen molar-refractivity contribution in [3.05, 3.63) is 30.3 Å². The molecule has 1 rings (SSSR count). The zero-order chi connectivity index (χ0) is 13.1. The van der Waals surface area contributed by atoms with E-state index in [2.05, 4.69) is 54.8 Å². The van der Waals surface area contributed by atoms with E-state index in [4.69, 9.17) is 0 Å². The second-order valence-corrected chi connectivity index (χ2v) is 5.26. The zero-order valence-electron chi connectivity index (χ0n) is 11.6. The molecule has 2 heteroatoms. The van der Waals surface area contributed by atoms with E-state index >= 15 is 0 Å². The van der Waals surface area contributed by atoms with Crippen LogP contribution in [0.1, 0.15) is 45.4 Å². The van der Waals surface area contributed by atoms with Crippen molar-refractivity contribution in [2.75, 3.05) is 23.7 Å². The number of benzene rings is 1. The van der Waals surface area contributed by atoms with Crippen molar-refractivity contribution in [2.24, 2.45) is 0 Å². The number of unbranched alkanes of at least 4 members (excludes halogenated alkanes) is 4. The van der Waals surface area contributed by atoms with E-state index in [1.807, 2.05) is 0 Å². The lowest BCUT2D eigenvalue weighted by atomic mass is 10.2. The van der Waals surface area contributed by atoms with Crippen LogP contribution >= 0.6 is 12.6 Å². The van der Waals surface area contributed by atoms with Gasteiger partial charge in [-0.3, -0.25) is 0 Å². The summed E-state index contributed by atoms with van der Waals surface area (Å²) in [5.74, 6) is 1.03. The maximum atomic E-state index is 4.26. The van der Waals surface area contributed by atoms with Crippen molar-refractivity contribution in [1.82, 2.24) is 0 Å². The first-order valence-electron chi connectivity index (χ1n) is 7.29. The molecule has 0 atom stereocenters. The van der Waals surface area contributed by atoms with Gasteiger partial charge in [0.05, 0.1) is 0 Å². The Morgan fingerprint density at radius 1 is 0.889 bits per heavy atom. The molecule has 0 bridgehead atoms. The first kappa shape index (κ1) is 15.4. The molecule has 0 unspecified atom stereocenters. The third kappa shape index (κ3) is 6.34. The van der Waals surface area contributed by atoms with Crippen LogP contribution in [0.4, 0.5) is 5.69 Å². The largest absolute Gasteiger partial charge is 0.372 e. The predicted octanol–water partition coefficient (Wildman–Crippen LogP) is 4.78. The van der Waals surface area contributed by atoms with Gasteiger partial charge < -0.3 is 4.90 Å². The summed E-state index contributed by atoms with van der Waals surface area (Å²) in [6.45, 7) is 4.64. The molecule has 1 nitrogen and oxygen atoms in total. The Labute approximate surface area is 118 Å². The molecule has 0 amide bonds. The fourth-order valence-corrected chi connectivity index (χ4v) is 2.35. The molecule has 0 fully saturated rings. The average molecular weight is 265 g/mol. The summed E-state index contributed by atoms with van der Waals surface area (Å²) >= 11 is 4.26. The van der Waals surface area contributed by atoms with Gasteiger partial charge in [0.25, 0.3) is 0 Å². The number of anilines is 1. The number of para-hydroxylation sites is 1. The molecule has 0 aromatic heterocycles. The lowest BCUT2D eigenvalue weighted by Crippen LogP contribution is -2.25. The first-order valence-corrected chi connectivity index (χ1v) is 7.92. The summed E-state index contributed by atoms with van der Waals surface area (Å²) in [6, 6.07) is 10.8. The van der Waals surface area contributed by atoms with Crippen molar-refractivity contribution >= 4 is 18.3 Å². The van der Waals surface area contributed by atoms with Crippen molar-refractivity contribution in [3.63, 3.8) is 0 Å². The standard InChI is InChI=1S/C16H27NS/c1-2-3-13-17(14-9-4-5-10-15-18)16-11-7-6-8-12-16/h6-8,11-12,18H,2-5,9-10,13-15H2,1H3. The van der Waals surface area contributed by atoms with E-state index in [1.54, 1.807) is 0 Å². The molecular formula is C16H27NS. The van der Waals surface area contributed by atoms with Crippen LogP contribution in [-0.2, 0) is 0 Å². The Kier molecular flexibility index (Phi) is 8.83. The maximum absolute atomic E-state index is 4.26. The number of rotatable bonds is 10. The minimum atomic E-state index is 1.03. The molecule has 102 valence electrons. The number of nitrogens with zero attached hydrogens (tertiary/aromatic N) is 1. The Bertz CT molecular complexity index is 286. The molecule has 0 saturated carbocycles. The highest BCUT2D eigenvalue weighted by Gasteiger charge is 2.04. The smallest absolute Gasteiger partial charge is 0.0366 e. The van der Waals surface area contributed by atoms with Crippen LogP contribution in [0.3, 0.4) is 0 Å². The minimum absolute atomic E-state index is 1.03. The van der Waals surface area contributed by atoms with Gasteiger partial charge in [0.2, 0.25) is 0 Å². The van der Waals surface area contributed by atoms with E-state index < -0.39 is 0 Å². The Hall–Kier alpha value is -0.630. The van der Waals surface area contributed by atoms with Crippen molar-refractivity contribution in [1.29, 1.82) is 0 Å². The molecule has 0 radical (unpaired) electrons. The Balaban J connectivity index is 2.36. The van der Waals surface area contributed by atoms with Crippen LogP contribution < -0.4 is 4.90 Å². The van der Waals surface area contributed by atoms with Gasteiger partial charge in [-0.05, 0) is 37.1 Å². The van der Waals surface area contributed by atoms with Crippen LogP contribution in [0.5, 0.6) is 0 Å². The Morgan fingerprint density at radius 2 is 1.56 bits per heavy atom. The first-order chi connectivity index (χ1) is 8.88. The maximum Gasteiger partial charge on any atom is 0.0366 e. The predicted molar refractivity (Wildman–Crippen MR) is 85.9 cm³/mol. The molecule has 0 N–H and O–H groups in total. The molecule has 0 spiro atoms. The second-order valence-electron chi connectivity index (χ2n) is 4.81. The zero-order valence-corrected chi connectivity index (χ0v) is 12.5. The van der Waals surface area contributed by atoms with Gasteiger partial charge in [0, 0.05) is 18.8 Å². The fraction of sp³-hybridized carbons (Fsp3) is 0.625. The summed E-state index contributed by atoms with van der Waals surface area (Å²) in [6.07, 6.45) is 7.75. The molecule has 0 aliphatic carbocycles. The van der Waals surface area contributed by atoms with Crippen molar-refractivity contribution in [3.8, 4) is 0 Å². The quantitative estimate of drug-likeness (QED) is 0.470. The third-order valence-corrected chi connectivity index (χ3v) is 3.56. The van der Waals surface area contributed by atoms with Gasteiger partial charge in [-0.15, -0.1) is 0 Å². The van der Waals surface area contributed by atoms with E-state index in [0.29, 0.717) is 0 Å². The molecule has 1 aromatic carbocycles. The van der Waals surface area contributed by atoms with Gasteiger partial charge >= 0.3 is 0 Å². The normalized spacial score (nSPS) is 10.6. The minimum Gasteiger partial charge on any atom is -0.372 e. The summed E-state index contributed by atoms with van der Waals surface area (Å²) in [4.78, 5) is 2.53. The fourth-order valence-electron chi connectivity index (χ4n) is 2.13. The van der Waals surface area contributed by atoms with Crippen LogP contribution in [0.25, 0.3) is 0 Å². The molecule has 0 heterocycles. The number of hydrogen-bond acceptors (Lipinski definition) is 2. The van der Waals surface area contributed by atoms with Crippen molar-refractivity contribution in [2.45, 2.75) is 45.4 Å². The number of hydrogen-bond donors (Lipinski definition) is 1. The lowest BCUT2D eigenvalue weighted by Gasteiger charge is -2.24. The molecular weight excluding hydrogens is 238 g/mol. The van der Waals surface area contributed by atoms with Gasteiger partial charge in [-0.2, -0.15) is 12.6 Å². The Morgan fingerprint density at radius 3 is 2.22 bits per heavy atom. The lowest BCUT2D eigenvalue weighted by molar-refractivity contribution is 0.632. The monoisotopic (exact) mass is 265 g/mol. The van der Waals surface area contributed by atoms with Crippen LogP contribution in [0.2, 0.25) is 0 Å². The molecule has 0 saturated heterocycles.